The molecule has 2 aromatic carbocycles. The molecule has 0 radical (unpaired) electrons. The summed E-state index contributed by atoms with van der Waals surface area (Å²) >= 11 is 0. The van der Waals surface area contributed by atoms with E-state index in [9.17, 15) is 14.0 Å². The van der Waals surface area contributed by atoms with Gasteiger partial charge < -0.3 is 19.5 Å². The second kappa shape index (κ2) is 8.01. The van der Waals surface area contributed by atoms with E-state index < -0.39 is 17.3 Å². The Labute approximate surface area is 164 Å². The maximum atomic E-state index is 13.1. The second-order valence-corrected chi connectivity index (χ2v) is 6.06. The highest BCUT2D eigenvalue weighted by molar-refractivity contribution is 5.92. The van der Waals surface area contributed by atoms with Gasteiger partial charge in [0.2, 0.25) is 6.79 Å². The molecule has 0 saturated heterocycles. The summed E-state index contributed by atoms with van der Waals surface area (Å²) in [5.41, 5.74) is -0.0199. The van der Waals surface area contributed by atoms with Gasteiger partial charge in [-0.05, 0) is 42.5 Å². The molecule has 0 unspecified atom stereocenters. The van der Waals surface area contributed by atoms with Gasteiger partial charge in [0.25, 0.3) is 11.5 Å². The van der Waals surface area contributed by atoms with Crippen molar-refractivity contribution < 1.29 is 23.4 Å². The maximum Gasteiger partial charge on any atom is 0.271 e. The van der Waals surface area contributed by atoms with Gasteiger partial charge in [0.05, 0.1) is 12.2 Å². The average Bonchev–Trinajstić information content (AvgIpc) is 3.20. The Balaban J connectivity index is 1.35. The number of rotatable bonds is 6. The van der Waals surface area contributed by atoms with Crippen molar-refractivity contribution in [1.82, 2.24) is 15.1 Å². The van der Waals surface area contributed by atoms with Crippen molar-refractivity contribution in [1.29, 1.82) is 0 Å². The van der Waals surface area contributed by atoms with Crippen LogP contribution in [-0.4, -0.2) is 35.6 Å². The highest BCUT2D eigenvalue weighted by Crippen LogP contribution is 2.34. The molecule has 1 aromatic heterocycles. The van der Waals surface area contributed by atoms with Crippen LogP contribution in [0.15, 0.2) is 59.4 Å². The topological polar surface area (TPSA) is 91.7 Å². The summed E-state index contributed by atoms with van der Waals surface area (Å²) in [5.74, 6) is 0.964. The van der Waals surface area contributed by atoms with Crippen molar-refractivity contribution in [2.75, 3.05) is 19.9 Å². The third-order valence-corrected chi connectivity index (χ3v) is 4.10. The third kappa shape index (κ3) is 4.18. The minimum Gasteiger partial charge on any atom is -0.492 e. The lowest BCUT2D eigenvalue weighted by atomic mass is 10.3. The van der Waals surface area contributed by atoms with Crippen LogP contribution in [-0.2, 0) is 0 Å². The second-order valence-electron chi connectivity index (χ2n) is 6.06. The van der Waals surface area contributed by atoms with E-state index in [-0.39, 0.29) is 25.6 Å². The number of fused-ring (bicyclic) bond motifs is 1. The molecule has 9 heteroatoms. The molecule has 0 fully saturated rings. The number of nitrogens with one attached hydrogen (secondary N) is 1. The van der Waals surface area contributed by atoms with Crippen molar-refractivity contribution in [3.8, 4) is 22.9 Å². The van der Waals surface area contributed by atoms with E-state index in [2.05, 4.69) is 10.4 Å². The molecular formula is C20H16FN3O5. The van der Waals surface area contributed by atoms with Gasteiger partial charge >= 0.3 is 0 Å². The molecule has 4 rings (SSSR count). The predicted octanol–water partition coefficient (Wildman–Crippen LogP) is 1.91. The molecule has 0 aliphatic carbocycles. The van der Waals surface area contributed by atoms with Gasteiger partial charge in [-0.1, -0.05) is 0 Å². The van der Waals surface area contributed by atoms with Gasteiger partial charge in [-0.15, -0.1) is 0 Å². The van der Waals surface area contributed by atoms with E-state index in [1.54, 1.807) is 18.2 Å². The first kappa shape index (κ1) is 18.5. The Kier molecular flexibility index (Phi) is 5.10. The zero-order valence-electron chi connectivity index (χ0n) is 15.1. The summed E-state index contributed by atoms with van der Waals surface area (Å²) in [4.78, 5) is 24.3. The molecule has 29 heavy (non-hydrogen) atoms. The quantitative estimate of drug-likeness (QED) is 0.639. The number of carbonyl (C=O) groups excluding carboxylic acids is 1. The number of nitrogens with zero attached hydrogens (tertiary/aromatic N) is 2. The van der Waals surface area contributed by atoms with Crippen LogP contribution in [0, 0.1) is 5.82 Å². The molecule has 0 bridgehead atoms. The van der Waals surface area contributed by atoms with E-state index in [4.69, 9.17) is 14.2 Å². The first-order chi connectivity index (χ1) is 14.1. The minimum absolute atomic E-state index is 0.0528. The van der Waals surface area contributed by atoms with Crippen LogP contribution in [0.1, 0.15) is 10.5 Å². The van der Waals surface area contributed by atoms with Gasteiger partial charge in [0, 0.05) is 12.1 Å². The zero-order chi connectivity index (χ0) is 20.2. The van der Waals surface area contributed by atoms with Crippen LogP contribution >= 0.6 is 0 Å². The fourth-order valence-electron chi connectivity index (χ4n) is 2.69. The van der Waals surface area contributed by atoms with Crippen molar-refractivity contribution >= 4 is 5.91 Å². The number of hydrogen-bond acceptors (Lipinski definition) is 6. The van der Waals surface area contributed by atoms with E-state index in [1.807, 2.05) is 0 Å². The summed E-state index contributed by atoms with van der Waals surface area (Å²) in [7, 11) is 0. The van der Waals surface area contributed by atoms with E-state index >= 15 is 0 Å². The number of aromatic nitrogens is 2. The SMILES string of the molecule is O=C(NCCOc1ccc2c(c1)OCO2)c1ccc(=O)n(-c2ccc(F)cc2)n1. The Morgan fingerprint density at radius 3 is 2.72 bits per heavy atom. The van der Waals surface area contributed by atoms with E-state index in [1.165, 1.54) is 36.4 Å². The van der Waals surface area contributed by atoms with Crippen LogP contribution in [0.4, 0.5) is 4.39 Å². The first-order valence-corrected chi connectivity index (χ1v) is 8.77. The lowest BCUT2D eigenvalue weighted by Gasteiger charge is -2.09. The monoisotopic (exact) mass is 397 g/mol. The Hall–Kier alpha value is -3.88. The molecule has 1 aliphatic rings. The summed E-state index contributed by atoms with van der Waals surface area (Å²) in [5, 5.41) is 6.72. The van der Waals surface area contributed by atoms with Crippen LogP contribution in [0.25, 0.3) is 5.69 Å². The standard InChI is InChI=1S/C20H16FN3O5/c21-13-1-3-14(4-2-13)24-19(25)8-6-16(23-24)20(26)22-9-10-27-15-5-7-17-18(11-15)29-12-28-17/h1-8,11H,9-10,12H2,(H,22,26). The van der Waals surface area contributed by atoms with Gasteiger partial charge in [0.1, 0.15) is 23.9 Å². The maximum absolute atomic E-state index is 13.1. The fourth-order valence-corrected chi connectivity index (χ4v) is 2.69. The van der Waals surface area contributed by atoms with Gasteiger partial charge in [0.15, 0.2) is 11.5 Å². The van der Waals surface area contributed by atoms with Gasteiger partial charge in [-0.2, -0.15) is 9.78 Å². The highest BCUT2D eigenvalue weighted by atomic mass is 19.1. The Morgan fingerprint density at radius 1 is 1.10 bits per heavy atom. The molecule has 3 aromatic rings. The number of ether oxygens (including phenoxy) is 3. The number of halogens is 1. The summed E-state index contributed by atoms with van der Waals surface area (Å²) in [6.07, 6.45) is 0. The highest BCUT2D eigenvalue weighted by Gasteiger charge is 2.14. The smallest absolute Gasteiger partial charge is 0.271 e. The molecule has 0 saturated carbocycles. The summed E-state index contributed by atoms with van der Waals surface area (Å²) in [6, 6.07) is 13.0. The molecule has 1 aliphatic heterocycles. The Morgan fingerprint density at radius 2 is 1.90 bits per heavy atom. The molecule has 0 atom stereocenters. The number of benzene rings is 2. The molecule has 8 nitrogen and oxygen atoms in total. The van der Waals surface area contributed by atoms with Crippen LogP contribution in [0.3, 0.4) is 0 Å². The van der Waals surface area contributed by atoms with Gasteiger partial charge in [-0.3, -0.25) is 9.59 Å². The number of amides is 1. The van der Waals surface area contributed by atoms with E-state index in [0.29, 0.717) is 22.9 Å². The molecular weight excluding hydrogens is 381 g/mol. The van der Waals surface area contributed by atoms with Crippen molar-refractivity contribution in [3.05, 3.63) is 76.5 Å². The third-order valence-electron chi connectivity index (χ3n) is 4.10. The summed E-state index contributed by atoms with van der Waals surface area (Å²) in [6.45, 7) is 0.634. The minimum atomic E-state index is -0.463. The molecule has 148 valence electrons. The number of hydrogen-bond donors (Lipinski definition) is 1. The Bertz CT molecular complexity index is 1100. The lowest BCUT2D eigenvalue weighted by Crippen LogP contribution is -2.31. The normalized spacial score (nSPS) is 11.9. The van der Waals surface area contributed by atoms with E-state index in [0.717, 1.165) is 4.68 Å². The number of carbonyl (C=O) groups is 1. The molecule has 0 spiro atoms. The molecule has 1 amide bonds. The lowest BCUT2D eigenvalue weighted by molar-refractivity contribution is 0.0940. The fraction of sp³-hybridized carbons (Fsp3) is 0.150. The van der Waals surface area contributed by atoms with Crippen LogP contribution in [0.2, 0.25) is 0 Å². The largest absolute Gasteiger partial charge is 0.492 e. The zero-order valence-corrected chi connectivity index (χ0v) is 15.1. The van der Waals surface area contributed by atoms with Crippen molar-refractivity contribution in [2.45, 2.75) is 0 Å². The first-order valence-electron chi connectivity index (χ1n) is 8.77. The van der Waals surface area contributed by atoms with Crippen LogP contribution < -0.4 is 25.1 Å². The average molecular weight is 397 g/mol. The summed E-state index contributed by atoms with van der Waals surface area (Å²) < 4.78 is 30.2. The van der Waals surface area contributed by atoms with Gasteiger partial charge in [-0.25, -0.2) is 4.39 Å². The molecule has 1 N–H and O–H groups in total. The van der Waals surface area contributed by atoms with Crippen molar-refractivity contribution in [2.24, 2.45) is 0 Å². The van der Waals surface area contributed by atoms with Crippen LogP contribution in [0.5, 0.6) is 17.2 Å². The molecule has 2 heterocycles. The predicted molar refractivity (Wildman–Crippen MR) is 100 cm³/mol. The van der Waals surface area contributed by atoms with Crippen molar-refractivity contribution in [3.63, 3.8) is 0 Å².